The van der Waals surface area contributed by atoms with Crippen LogP contribution in [0.1, 0.15) is 5.56 Å². The molecule has 0 saturated heterocycles. The maximum absolute atomic E-state index is 5.17. The number of nitrogens with zero attached hydrogens (tertiary/aromatic N) is 2. The van der Waals surface area contributed by atoms with Gasteiger partial charge in [-0.05, 0) is 23.8 Å². The Morgan fingerprint density at radius 2 is 1.86 bits per heavy atom. The third-order valence-electron chi connectivity index (χ3n) is 3.31. The summed E-state index contributed by atoms with van der Waals surface area (Å²) in [5, 5.41) is 0. The summed E-state index contributed by atoms with van der Waals surface area (Å²) in [7, 11) is 1.68. The quantitative estimate of drug-likeness (QED) is 0.703. The van der Waals surface area contributed by atoms with E-state index in [0.29, 0.717) is 0 Å². The van der Waals surface area contributed by atoms with Crippen LogP contribution in [0.5, 0.6) is 5.75 Å². The summed E-state index contributed by atoms with van der Waals surface area (Å²) in [6, 6.07) is 16.2. The molecule has 4 heteroatoms. The average Bonchev–Trinajstić information content (AvgIpc) is 2.97. The van der Waals surface area contributed by atoms with Gasteiger partial charge >= 0.3 is 0 Å². The van der Waals surface area contributed by atoms with Crippen LogP contribution in [0.15, 0.2) is 65.5 Å². The standard InChI is InChI=1S/C17H15BrN2O/c1-21-14-8-6-13(7-9-14)10-20-11-17(19-12-20)15-4-2-3-5-16(15)18/h2-9,11-12H,10H2,1H3. The number of hydrogen-bond donors (Lipinski definition) is 0. The summed E-state index contributed by atoms with van der Waals surface area (Å²) in [6.45, 7) is 0.793. The van der Waals surface area contributed by atoms with Crippen molar-refractivity contribution in [2.24, 2.45) is 0 Å². The Balaban J connectivity index is 1.80. The summed E-state index contributed by atoms with van der Waals surface area (Å²) in [5.74, 6) is 0.873. The molecule has 0 aliphatic rings. The van der Waals surface area contributed by atoms with Gasteiger partial charge in [0.15, 0.2) is 0 Å². The molecule has 3 aromatic rings. The second kappa shape index (κ2) is 6.14. The van der Waals surface area contributed by atoms with Crippen molar-refractivity contribution in [3.05, 3.63) is 71.1 Å². The largest absolute Gasteiger partial charge is 0.497 e. The Hall–Kier alpha value is -2.07. The van der Waals surface area contributed by atoms with Gasteiger partial charge in [0.25, 0.3) is 0 Å². The SMILES string of the molecule is COc1ccc(Cn2cnc(-c3ccccc3Br)c2)cc1. The van der Waals surface area contributed by atoms with Gasteiger partial charge in [-0.15, -0.1) is 0 Å². The van der Waals surface area contributed by atoms with Crippen molar-refractivity contribution >= 4 is 15.9 Å². The number of rotatable bonds is 4. The highest BCUT2D eigenvalue weighted by atomic mass is 79.9. The van der Waals surface area contributed by atoms with Crippen LogP contribution in [0.3, 0.4) is 0 Å². The molecule has 0 atom stereocenters. The van der Waals surface area contributed by atoms with Gasteiger partial charge < -0.3 is 9.30 Å². The molecule has 0 amide bonds. The van der Waals surface area contributed by atoms with E-state index in [9.17, 15) is 0 Å². The van der Waals surface area contributed by atoms with Crippen molar-refractivity contribution in [2.75, 3.05) is 7.11 Å². The van der Waals surface area contributed by atoms with Crippen LogP contribution in [-0.2, 0) is 6.54 Å². The fraction of sp³-hybridized carbons (Fsp3) is 0.118. The van der Waals surface area contributed by atoms with Crippen molar-refractivity contribution in [1.82, 2.24) is 9.55 Å². The van der Waals surface area contributed by atoms with Crippen LogP contribution in [0, 0.1) is 0 Å². The molecule has 1 aromatic heterocycles. The molecular formula is C17H15BrN2O. The zero-order chi connectivity index (χ0) is 14.7. The first kappa shape index (κ1) is 13.9. The van der Waals surface area contributed by atoms with Crippen LogP contribution in [0.25, 0.3) is 11.3 Å². The van der Waals surface area contributed by atoms with Crippen LogP contribution in [0.4, 0.5) is 0 Å². The number of aromatic nitrogens is 2. The topological polar surface area (TPSA) is 27.1 Å². The molecule has 2 aromatic carbocycles. The lowest BCUT2D eigenvalue weighted by Gasteiger charge is -2.04. The zero-order valence-corrected chi connectivity index (χ0v) is 13.2. The molecule has 0 saturated carbocycles. The predicted molar refractivity (Wildman–Crippen MR) is 87.5 cm³/mol. The Kier molecular flexibility index (Phi) is 4.06. The lowest BCUT2D eigenvalue weighted by Crippen LogP contribution is -1.96. The van der Waals surface area contributed by atoms with Crippen molar-refractivity contribution in [3.63, 3.8) is 0 Å². The minimum Gasteiger partial charge on any atom is -0.497 e. The molecule has 0 spiro atoms. The van der Waals surface area contributed by atoms with Crippen molar-refractivity contribution in [1.29, 1.82) is 0 Å². The van der Waals surface area contributed by atoms with Gasteiger partial charge in [-0.2, -0.15) is 0 Å². The molecule has 0 N–H and O–H groups in total. The Labute approximate surface area is 132 Å². The van der Waals surface area contributed by atoms with Crippen molar-refractivity contribution in [2.45, 2.75) is 6.54 Å². The fourth-order valence-electron chi connectivity index (χ4n) is 2.20. The van der Waals surface area contributed by atoms with E-state index < -0.39 is 0 Å². The van der Waals surface area contributed by atoms with E-state index in [-0.39, 0.29) is 0 Å². The minimum absolute atomic E-state index is 0.793. The molecule has 106 valence electrons. The number of halogens is 1. The van der Waals surface area contributed by atoms with Gasteiger partial charge in [0, 0.05) is 22.8 Å². The highest BCUT2D eigenvalue weighted by Crippen LogP contribution is 2.26. The molecule has 0 fully saturated rings. The summed E-state index contributed by atoms with van der Waals surface area (Å²) in [6.07, 6.45) is 3.92. The smallest absolute Gasteiger partial charge is 0.118 e. The summed E-state index contributed by atoms with van der Waals surface area (Å²) in [4.78, 5) is 4.49. The maximum atomic E-state index is 5.17. The van der Waals surface area contributed by atoms with E-state index >= 15 is 0 Å². The van der Waals surface area contributed by atoms with Crippen LogP contribution in [-0.4, -0.2) is 16.7 Å². The summed E-state index contributed by atoms with van der Waals surface area (Å²) < 4.78 is 8.31. The monoisotopic (exact) mass is 342 g/mol. The van der Waals surface area contributed by atoms with E-state index in [1.165, 1.54) is 5.56 Å². The second-order valence-corrected chi connectivity index (χ2v) is 5.61. The fourth-order valence-corrected chi connectivity index (χ4v) is 2.68. The number of ether oxygens (including phenoxy) is 1. The number of imidazole rings is 1. The Morgan fingerprint density at radius 1 is 1.10 bits per heavy atom. The maximum Gasteiger partial charge on any atom is 0.118 e. The lowest BCUT2D eigenvalue weighted by molar-refractivity contribution is 0.414. The number of methoxy groups -OCH3 is 1. The Morgan fingerprint density at radius 3 is 2.57 bits per heavy atom. The molecule has 3 rings (SSSR count). The van der Waals surface area contributed by atoms with Crippen LogP contribution >= 0.6 is 15.9 Å². The highest BCUT2D eigenvalue weighted by molar-refractivity contribution is 9.10. The van der Waals surface area contributed by atoms with Gasteiger partial charge in [-0.3, -0.25) is 0 Å². The molecule has 0 aliphatic heterocycles. The normalized spacial score (nSPS) is 10.6. The first-order valence-electron chi connectivity index (χ1n) is 6.66. The molecule has 21 heavy (non-hydrogen) atoms. The van der Waals surface area contributed by atoms with Gasteiger partial charge in [-0.25, -0.2) is 4.98 Å². The van der Waals surface area contributed by atoms with E-state index in [1.54, 1.807) is 7.11 Å². The van der Waals surface area contributed by atoms with E-state index in [4.69, 9.17) is 4.74 Å². The first-order chi connectivity index (χ1) is 10.3. The average molecular weight is 343 g/mol. The Bertz CT molecular complexity index is 735. The van der Waals surface area contributed by atoms with Crippen LogP contribution in [0.2, 0.25) is 0 Å². The third-order valence-corrected chi connectivity index (χ3v) is 4.00. The number of hydrogen-bond acceptors (Lipinski definition) is 2. The predicted octanol–water partition coefficient (Wildman–Crippen LogP) is 4.37. The van der Waals surface area contributed by atoms with Gasteiger partial charge in [-0.1, -0.05) is 46.3 Å². The van der Waals surface area contributed by atoms with E-state index in [2.05, 4.69) is 49.9 Å². The molecule has 0 radical (unpaired) electrons. The second-order valence-electron chi connectivity index (χ2n) is 4.76. The lowest BCUT2D eigenvalue weighted by atomic mass is 10.2. The number of benzene rings is 2. The zero-order valence-electron chi connectivity index (χ0n) is 11.7. The molecule has 3 nitrogen and oxygen atoms in total. The summed E-state index contributed by atoms with van der Waals surface area (Å²) in [5.41, 5.74) is 3.29. The van der Waals surface area contributed by atoms with E-state index in [0.717, 1.165) is 28.0 Å². The van der Waals surface area contributed by atoms with Crippen molar-refractivity contribution < 1.29 is 4.74 Å². The van der Waals surface area contributed by atoms with Gasteiger partial charge in [0.05, 0.1) is 19.1 Å². The summed E-state index contributed by atoms with van der Waals surface area (Å²) >= 11 is 3.56. The molecule has 0 aliphatic carbocycles. The molecule has 0 bridgehead atoms. The molecule has 1 heterocycles. The van der Waals surface area contributed by atoms with Gasteiger partial charge in [0.1, 0.15) is 5.75 Å². The highest BCUT2D eigenvalue weighted by Gasteiger charge is 2.06. The first-order valence-corrected chi connectivity index (χ1v) is 7.45. The molecule has 0 unspecified atom stereocenters. The minimum atomic E-state index is 0.793. The van der Waals surface area contributed by atoms with Gasteiger partial charge in [0.2, 0.25) is 0 Å². The van der Waals surface area contributed by atoms with Crippen LogP contribution < -0.4 is 4.74 Å². The van der Waals surface area contributed by atoms with Crippen molar-refractivity contribution in [3.8, 4) is 17.0 Å². The van der Waals surface area contributed by atoms with E-state index in [1.807, 2.05) is 36.7 Å². The molecular weight excluding hydrogens is 328 g/mol. The third kappa shape index (κ3) is 3.16.